The van der Waals surface area contributed by atoms with E-state index >= 15 is 0 Å². The minimum Gasteiger partial charge on any atom is -0.510 e. The van der Waals surface area contributed by atoms with Crippen molar-refractivity contribution in [2.45, 2.75) is 26.7 Å². The molecule has 6 heteroatoms. The number of fused-ring (bicyclic) bond motifs is 2. The van der Waals surface area contributed by atoms with Crippen molar-refractivity contribution in [1.82, 2.24) is 0 Å². The summed E-state index contributed by atoms with van der Waals surface area (Å²) in [6, 6.07) is 11.4. The molecule has 0 fully saturated rings. The van der Waals surface area contributed by atoms with E-state index in [0.717, 1.165) is 0 Å². The molecule has 4 rings (SSSR count). The summed E-state index contributed by atoms with van der Waals surface area (Å²) in [6.07, 6.45) is 0.577. The number of benzene rings is 2. The molecule has 28 heavy (non-hydrogen) atoms. The van der Waals surface area contributed by atoms with Crippen LogP contribution in [0.3, 0.4) is 0 Å². The highest BCUT2D eigenvalue weighted by molar-refractivity contribution is 6.29. The Kier molecular flexibility index (Phi) is 4.07. The van der Waals surface area contributed by atoms with Crippen molar-refractivity contribution < 1.29 is 19.5 Å². The van der Waals surface area contributed by atoms with Gasteiger partial charge in [-0.3, -0.25) is 14.4 Å². The summed E-state index contributed by atoms with van der Waals surface area (Å²) in [4.78, 5) is 38.0. The SMILES string of the molecule is CC1(C)CC(=O)C(N=Nc2cccc3c2C(=O)c2ccccc2C3=O)=C(O)C1. The van der Waals surface area contributed by atoms with Gasteiger partial charge in [-0.05, 0) is 11.5 Å². The summed E-state index contributed by atoms with van der Waals surface area (Å²) >= 11 is 0. The molecular formula is C22H18N2O4. The maximum Gasteiger partial charge on any atom is 0.196 e. The number of hydrogen-bond donors (Lipinski definition) is 1. The van der Waals surface area contributed by atoms with Crippen molar-refractivity contribution >= 4 is 23.0 Å². The smallest absolute Gasteiger partial charge is 0.196 e. The highest BCUT2D eigenvalue weighted by atomic mass is 16.3. The van der Waals surface area contributed by atoms with E-state index in [-0.39, 0.29) is 57.5 Å². The molecule has 0 saturated carbocycles. The lowest BCUT2D eigenvalue weighted by atomic mass is 9.78. The van der Waals surface area contributed by atoms with Crippen LogP contribution in [-0.2, 0) is 4.79 Å². The van der Waals surface area contributed by atoms with Gasteiger partial charge in [-0.2, -0.15) is 0 Å². The quantitative estimate of drug-likeness (QED) is 0.657. The normalized spacial score (nSPS) is 18.4. The van der Waals surface area contributed by atoms with Crippen molar-refractivity contribution in [3.05, 3.63) is 76.2 Å². The molecule has 0 spiro atoms. The Bertz CT molecular complexity index is 1110. The van der Waals surface area contributed by atoms with Crippen molar-refractivity contribution in [3.63, 3.8) is 0 Å². The van der Waals surface area contributed by atoms with Crippen LogP contribution in [-0.4, -0.2) is 22.5 Å². The van der Waals surface area contributed by atoms with Crippen LogP contribution in [0, 0.1) is 5.41 Å². The maximum atomic E-state index is 13.0. The zero-order chi connectivity index (χ0) is 20.1. The molecule has 0 aromatic heterocycles. The minimum atomic E-state index is -0.335. The number of hydrogen-bond acceptors (Lipinski definition) is 6. The van der Waals surface area contributed by atoms with Gasteiger partial charge in [0.2, 0.25) is 0 Å². The van der Waals surface area contributed by atoms with Gasteiger partial charge in [-0.1, -0.05) is 50.2 Å². The summed E-state index contributed by atoms with van der Waals surface area (Å²) in [5, 5.41) is 18.2. The summed E-state index contributed by atoms with van der Waals surface area (Å²) in [7, 11) is 0. The molecule has 0 aliphatic heterocycles. The molecule has 1 N–H and O–H groups in total. The van der Waals surface area contributed by atoms with Gasteiger partial charge in [0.15, 0.2) is 23.0 Å². The lowest BCUT2D eigenvalue weighted by Crippen LogP contribution is -2.25. The first-order valence-electron chi connectivity index (χ1n) is 8.97. The number of carbonyl (C=O) groups excluding carboxylic acids is 3. The number of aliphatic hydroxyl groups excluding tert-OH is 1. The molecule has 2 aliphatic rings. The Balaban J connectivity index is 1.78. The number of Topliss-reactive ketones (excluding diaryl/α,β-unsaturated/α-hetero) is 1. The number of carbonyl (C=O) groups is 3. The summed E-state index contributed by atoms with van der Waals surface area (Å²) in [6.45, 7) is 3.79. The van der Waals surface area contributed by atoms with Crippen molar-refractivity contribution in [2.24, 2.45) is 15.6 Å². The lowest BCUT2D eigenvalue weighted by molar-refractivity contribution is -0.118. The number of aliphatic hydroxyl groups is 1. The Morgan fingerprint density at radius 3 is 2.14 bits per heavy atom. The zero-order valence-electron chi connectivity index (χ0n) is 15.5. The van der Waals surface area contributed by atoms with Gasteiger partial charge in [-0.25, -0.2) is 0 Å². The summed E-state index contributed by atoms with van der Waals surface area (Å²) in [5.41, 5.74) is 0.876. The van der Waals surface area contributed by atoms with Gasteiger partial charge >= 0.3 is 0 Å². The number of nitrogens with zero attached hydrogens (tertiary/aromatic N) is 2. The van der Waals surface area contributed by atoms with E-state index < -0.39 is 0 Å². The van der Waals surface area contributed by atoms with Crippen LogP contribution in [0.1, 0.15) is 58.5 Å². The third-order valence-electron chi connectivity index (χ3n) is 5.01. The predicted molar refractivity (Wildman–Crippen MR) is 102 cm³/mol. The van der Waals surface area contributed by atoms with E-state index in [2.05, 4.69) is 10.2 Å². The van der Waals surface area contributed by atoms with Crippen LogP contribution in [0.5, 0.6) is 0 Å². The maximum absolute atomic E-state index is 13.0. The molecule has 0 atom stereocenters. The second-order valence-electron chi connectivity index (χ2n) is 7.84. The summed E-state index contributed by atoms with van der Waals surface area (Å²) in [5.74, 6) is -0.966. The first-order chi connectivity index (χ1) is 13.3. The summed E-state index contributed by atoms with van der Waals surface area (Å²) < 4.78 is 0. The molecule has 0 heterocycles. The zero-order valence-corrected chi connectivity index (χ0v) is 15.5. The molecule has 6 nitrogen and oxygen atoms in total. The molecule has 140 valence electrons. The molecule has 0 bridgehead atoms. The number of azo groups is 1. The topological polar surface area (TPSA) is 96.2 Å². The molecule has 2 aromatic carbocycles. The Morgan fingerprint density at radius 2 is 1.46 bits per heavy atom. The fraction of sp³-hybridized carbons (Fsp3) is 0.227. The Hall–Kier alpha value is -3.41. The van der Waals surface area contributed by atoms with E-state index in [0.29, 0.717) is 17.5 Å². The number of ketones is 3. The van der Waals surface area contributed by atoms with E-state index in [9.17, 15) is 19.5 Å². The van der Waals surface area contributed by atoms with Gasteiger partial charge < -0.3 is 5.11 Å². The van der Waals surface area contributed by atoms with E-state index in [4.69, 9.17) is 0 Å². The lowest BCUT2D eigenvalue weighted by Gasteiger charge is -2.27. The van der Waals surface area contributed by atoms with Gasteiger partial charge in [0.25, 0.3) is 0 Å². The molecule has 0 radical (unpaired) electrons. The standard InChI is InChI=1S/C22H18N2O4/c1-22(2)10-16(25)19(17(26)11-22)24-23-15-9-5-8-14-18(15)21(28)13-7-4-3-6-12(13)20(14)27/h3-9,25H,10-11H2,1-2H3. The van der Waals surface area contributed by atoms with Crippen LogP contribution in [0.25, 0.3) is 0 Å². The molecule has 2 aromatic rings. The Labute approximate surface area is 161 Å². The molecule has 0 amide bonds. The minimum absolute atomic E-state index is 0.0908. The van der Waals surface area contributed by atoms with Crippen molar-refractivity contribution in [3.8, 4) is 0 Å². The highest BCUT2D eigenvalue weighted by Crippen LogP contribution is 2.37. The molecule has 2 aliphatic carbocycles. The van der Waals surface area contributed by atoms with Crippen LogP contribution in [0.2, 0.25) is 0 Å². The molecule has 0 unspecified atom stereocenters. The van der Waals surface area contributed by atoms with Crippen LogP contribution >= 0.6 is 0 Å². The molecule has 0 saturated heterocycles. The average molecular weight is 374 g/mol. The monoisotopic (exact) mass is 374 g/mol. The first kappa shape index (κ1) is 18.0. The van der Waals surface area contributed by atoms with Gasteiger partial charge in [0.05, 0.1) is 11.3 Å². The second kappa shape index (κ2) is 6.34. The average Bonchev–Trinajstić information content (AvgIpc) is 2.64. The fourth-order valence-corrected chi connectivity index (χ4v) is 3.71. The van der Waals surface area contributed by atoms with Crippen LogP contribution < -0.4 is 0 Å². The van der Waals surface area contributed by atoms with Crippen LogP contribution in [0.15, 0.2) is 64.1 Å². The first-order valence-corrected chi connectivity index (χ1v) is 8.97. The van der Waals surface area contributed by atoms with Crippen molar-refractivity contribution in [2.75, 3.05) is 0 Å². The fourth-order valence-electron chi connectivity index (χ4n) is 3.71. The molecular weight excluding hydrogens is 356 g/mol. The third-order valence-corrected chi connectivity index (χ3v) is 5.01. The number of allylic oxidation sites excluding steroid dienone is 2. The van der Waals surface area contributed by atoms with Gasteiger partial charge in [-0.15, -0.1) is 10.2 Å². The highest BCUT2D eigenvalue weighted by Gasteiger charge is 2.34. The van der Waals surface area contributed by atoms with E-state index in [1.807, 2.05) is 13.8 Å². The van der Waals surface area contributed by atoms with Gasteiger partial charge in [0, 0.05) is 29.5 Å². The second-order valence-corrected chi connectivity index (χ2v) is 7.84. The largest absolute Gasteiger partial charge is 0.510 e. The predicted octanol–water partition coefficient (Wildman–Crippen LogP) is 4.70. The van der Waals surface area contributed by atoms with E-state index in [1.54, 1.807) is 42.5 Å². The number of rotatable bonds is 2. The Morgan fingerprint density at radius 1 is 0.821 bits per heavy atom. The third kappa shape index (κ3) is 2.87. The van der Waals surface area contributed by atoms with Crippen LogP contribution in [0.4, 0.5) is 5.69 Å². The van der Waals surface area contributed by atoms with Gasteiger partial charge in [0.1, 0.15) is 5.76 Å². The van der Waals surface area contributed by atoms with E-state index in [1.165, 1.54) is 0 Å². The van der Waals surface area contributed by atoms with Crippen molar-refractivity contribution in [1.29, 1.82) is 0 Å².